The molecule has 0 fully saturated rings. The molecule has 5 heteroatoms. The van der Waals surface area contributed by atoms with Gasteiger partial charge in [0, 0.05) is 26.1 Å². The Bertz CT molecular complexity index is 858. The second-order valence-corrected chi connectivity index (χ2v) is 6.83. The molecule has 21 heavy (non-hydrogen) atoms. The van der Waals surface area contributed by atoms with Gasteiger partial charge in [-0.2, -0.15) is 0 Å². The molecule has 1 atom stereocenters. The van der Waals surface area contributed by atoms with Crippen molar-refractivity contribution in [3.05, 3.63) is 57.9 Å². The zero-order chi connectivity index (χ0) is 14.4. The molecule has 3 aromatic rings. The molecule has 1 aromatic heterocycles. The standard InChI is InChI=1S/C16H11BrN2OS/c17-10-1-3-13-12(8-10)15(16(20)19-13)18-11-2-4-14-9(7-11)5-6-21-14/h1-8,15,18H,(H,19,20). The number of anilines is 2. The van der Waals surface area contributed by atoms with Crippen molar-refractivity contribution in [3.8, 4) is 0 Å². The molecule has 0 saturated carbocycles. The largest absolute Gasteiger partial charge is 0.370 e. The molecule has 1 aliphatic rings. The number of benzene rings is 2. The van der Waals surface area contributed by atoms with Gasteiger partial charge in [-0.1, -0.05) is 15.9 Å². The number of thiophene rings is 1. The number of nitrogens with one attached hydrogen (secondary N) is 2. The number of hydrogen-bond donors (Lipinski definition) is 2. The zero-order valence-electron chi connectivity index (χ0n) is 10.9. The van der Waals surface area contributed by atoms with Crippen LogP contribution in [0.5, 0.6) is 0 Å². The zero-order valence-corrected chi connectivity index (χ0v) is 13.3. The van der Waals surface area contributed by atoms with E-state index in [2.05, 4.69) is 50.1 Å². The maximum Gasteiger partial charge on any atom is 0.251 e. The first-order chi connectivity index (χ1) is 10.2. The molecule has 104 valence electrons. The molecule has 0 saturated heterocycles. The molecule has 0 bridgehead atoms. The Morgan fingerprint density at radius 2 is 2.05 bits per heavy atom. The van der Waals surface area contributed by atoms with Crippen molar-refractivity contribution in [2.45, 2.75) is 6.04 Å². The van der Waals surface area contributed by atoms with Crippen LogP contribution < -0.4 is 10.6 Å². The number of hydrogen-bond acceptors (Lipinski definition) is 3. The summed E-state index contributed by atoms with van der Waals surface area (Å²) in [6.07, 6.45) is 0. The van der Waals surface area contributed by atoms with Gasteiger partial charge in [-0.3, -0.25) is 4.79 Å². The van der Waals surface area contributed by atoms with E-state index in [0.717, 1.165) is 21.4 Å². The van der Waals surface area contributed by atoms with Gasteiger partial charge in [0.25, 0.3) is 5.91 Å². The van der Waals surface area contributed by atoms with Gasteiger partial charge in [-0.25, -0.2) is 0 Å². The van der Waals surface area contributed by atoms with Crippen molar-refractivity contribution in [2.24, 2.45) is 0 Å². The van der Waals surface area contributed by atoms with Crippen LogP contribution in [0, 0.1) is 0 Å². The van der Waals surface area contributed by atoms with Crippen LogP contribution in [0.1, 0.15) is 11.6 Å². The number of rotatable bonds is 2. The lowest BCUT2D eigenvalue weighted by Crippen LogP contribution is -2.19. The third kappa shape index (κ3) is 2.22. The highest BCUT2D eigenvalue weighted by Gasteiger charge is 2.30. The maximum atomic E-state index is 12.2. The molecule has 1 unspecified atom stereocenters. The van der Waals surface area contributed by atoms with Crippen LogP contribution >= 0.6 is 27.3 Å². The molecular formula is C16H11BrN2OS. The van der Waals surface area contributed by atoms with Crippen molar-refractivity contribution in [1.29, 1.82) is 0 Å². The molecule has 2 aromatic carbocycles. The highest BCUT2D eigenvalue weighted by Crippen LogP contribution is 2.35. The third-order valence-electron chi connectivity index (χ3n) is 3.61. The lowest BCUT2D eigenvalue weighted by molar-refractivity contribution is -0.116. The maximum absolute atomic E-state index is 12.2. The predicted molar refractivity (Wildman–Crippen MR) is 91.0 cm³/mol. The fourth-order valence-electron chi connectivity index (χ4n) is 2.60. The lowest BCUT2D eigenvalue weighted by atomic mass is 10.1. The van der Waals surface area contributed by atoms with E-state index in [1.165, 1.54) is 10.1 Å². The minimum absolute atomic E-state index is 0.0199. The quantitative estimate of drug-likeness (QED) is 0.692. The summed E-state index contributed by atoms with van der Waals surface area (Å²) in [5.74, 6) is -0.0199. The summed E-state index contributed by atoms with van der Waals surface area (Å²) in [6.45, 7) is 0. The van der Waals surface area contributed by atoms with E-state index in [0.29, 0.717) is 0 Å². The molecule has 2 N–H and O–H groups in total. The highest BCUT2D eigenvalue weighted by molar-refractivity contribution is 9.10. The molecule has 0 radical (unpaired) electrons. The van der Waals surface area contributed by atoms with Crippen LogP contribution in [0.3, 0.4) is 0 Å². The van der Waals surface area contributed by atoms with E-state index >= 15 is 0 Å². The van der Waals surface area contributed by atoms with E-state index in [-0.39, 0.29) is 11.9 Å². The Morgan fingerprint density at radius 1 is 1.14 bits per heavy atom. The molecule has 0 aliphatic carbocycles. The number of carbonyl (C=O) groups is 1. The van der Waals surface area contributed by atoms with Gasteiger partial charge in [0.2, 0.25) is 0 Å². The van der Waals surface area contributed by atoms with Crippen LogP contribution in [-0.4, -0.2) is 5.91 Å². The van der Waals surface area contributed by atoms with Crippen molar-refractivity contribution in [2.75, 3.05) is 10.6 Å². The molecule has 1 aliphatic heterocycles. The van der Waals surface area contributed by atoms with E-state index in [4.69, 9.17) is 0 Å². The Morgan fingerprint density at radius 3 is 2.95 bits per heavy atom. The van der Waals surface area contributed by atoms with E-state index in [1.807, 2.05) is 24.3 Å². The SMILES string of the molecule is O=C1Nc2ccc(Br)cc2C1Nc1ccc2sccc2c1. The Hall–Kier alpha value is -1.85. The van der Waals surface area contributed by atoms with Crippen molar-refractivity contribution >= 4 is 54.6 Å². The van der Waals surface area contributed by atoms with Crippen LogP contribution in [0.25, 0.3) is 10.1 Å². The van der Waals surface area contributed by atoms with E-state index in [1.54, 1.807) is 11.3 Å². The van der Waals surface area contributed by atoms with Gasteiger partial charge in [0.1, 0.15) is 6.04 Å². The van der Waals surface area contributed by atoms with Gasteiger partial charge in [-0.05, 0) is 53.2 Å². The smallest absolute Gasteiger partial charge is 0.251 e. The first kappa shape index (κ1) is 12.9. The second-order valence-electron chi connectivity index (χ2n) is 4.97. The predicted octanol–water partition coefficient (Wildman–Crippen LogP) is 4.77. The summed E-state index contributed by atoms with van der Waals surface area (Å²) in [4.78, 5) is 12.2. The van der Waals surface area contributed by atoms with Gasteiger partial charge >= 0.3 is 0 Å². The summed E-state index contributed by atoms with van der Waals surface area (Å²) in [5, 5.41) is 9.50. The summed E-state index contributed by atoms with van der Waals surface area (Å²) >= 11 is 5.18. The van der Waals surface area contributed by atoms with Crippen LogP contribution in [-0.2, 0) is 4.79 Å². The van der Waals surface area contributed by atoms with Gasteiger partial charge < -0.3 is 10.6 Å². The van der Waals surface area contributed by atoms with Crippen molar-refractivity contribution < 1.29 is 4.79 Å². The number of halogens is 1. The fraction of sp³-hybridized carbons (Fsp3) is 0.0625. The van der Waals surface area contributed by atoms with Gasteiger partial charge in [0.15, 0.2) is 0 Å². The first-order valence-electron chi connectivity index (χ1n) is 6.55. The molecule has 0 spiro atoms. The number of amides is 1. The Labute approximate surface area is 134 Å². The molecular weight excluding hydrogens is 348 g/mol. The lowest BCUT2D eigenvalue weighted by Gasteiger charge is -2.13. The van der Waals surface area contributed by atoms with E-state index < -0.39 is 0 Å². The van der Waals surface area contributed by atoms with Gasteiger partial charge in [-0.15, -0.1) is 11.3 Å². The monoisotopic (exact) mass is 358 g/mol. The Kier molecular flexibility index (Phi) is 2.97. The summed E-state index contributed by atoms with van der Waals surface area (Å²) in [6, 6.07) is 13.7. The average Bonchev–Trinajstić information content (AvgIpc) is 3.04. The van der Waals surface area contributed by atoms with Crippen LogP contribution in [0.4, 0.5) is 11.4 Å². The topological polar surface area (TPSA) is 41.1 Å². The van der Waals surface area contributed by atoms with Crippen LogP contribution in [0.2, 0.25) is 0 Å². The Balaban J connectivity index is 1.70. The second kappa shape index (κ2) is 4.86. The summed E-state index contributed by atoms with van der Waals surface area (Å²) in [7, 11) is 0. The van der Waals surface area contributed by atoms with E-state index in [9.17, 15) is 4.79 Å². The summed E-state index contributed by atoms with van der Waals surface area (Å²) in [5.41, 5.74) is 2.80. The molecule has 1 amide bonds. The minimum atomic E-state index is -0.353. The third-order valence-corrected chi connectivity index (χ3v) is 5.00. The molecule has 4 rings (SSSR count). The van der Waals surface area contributed by atoms with Crippen molar-refractivity contribution in [3.63, 3.8) is 0 Å². The number of carbonyl (C=O) groups excluding carboxylic acids is 1. The van der Waals surface area contributed by atoms with Gasteiger partial charge in [0.05, 0.1) is 0 Å². The fourth-order valence-corrected chi connectivity index (χ4v) is 3.75. The normalized spacial score (nSPS) is 16.8. The highest BCUT2D eigenvalue weighted by atomic mass is 79.9. The van der Waals surface area contributed by atoms with Crippen molar-refractivity contribution in [1.82, 2.24) is 0 Å². The first-order valence-corrected chi connectivity index (χ1v) is 8.22. The summed E-state index contributed by atoms with van der Waals surface area (Å²) < 4.78 is 2.22. The molecule has 3 nitrogen and oxygen atoms in total. The molecule has 2 heterocycles. The minimum Gasteiger partial charge on any atom is -0.370 e. The average molecular weight is 359 g/mol. The number of fused-ring (bicyclic) bond motifs is 2. The van der Waals surface area contributed by atoms with Crippen LogP contribution in [0.15, 0.2) is 52.3 Å².